The van der Waals surface area contributed by atoms with E-state index in [0.717, 1.165) is 47.7 Å². The molecule has 0 radical (unpaired) electrons. The summed E-state index contributed by atoms with van der Waals surface area (Å²) in [6, 6.07) is 7.85. The Bertz CT molecular complexity index is 1010. The lowest BCUT2D eigenvalue weighted by Crippen LogP contribution is -2.40. The summed E-state index contributed by atoms with van der Waals surface area (Å²) < 4.78 is 18.7. The van der Waals surface area contributed by atoms with Crippen LogP contribution in [0.4, 0.5) is 4.39 Å². The van der Waals surface area contributed by atoms with Crippen molar-refractivity contribution in [2.24, 2.45) is 5.92 Å². The molecule has 0 unspecified atom stereocenters. The van der Waals surface area contributed by atoms with Crippen molar-refractivity contribution in [1.82, 2.24) is 20.0 Å². The van der Waals surface area contributed by atoms with E-state index in [1.807, 2.05) is 24.8 Å². The lowest BCUT2D eigenvalue weighted by atomic mass is 9.92. The van der Waals surface area contributed by atoms with E-state index in [4.69, 9.17) is 4.52 Å². The molecule has 29 heavy (non-hydrogen) atoms. The van der Waals surface area contributed by atoms with E-state index in [-0.39, 0.29) is 5.91 Å². The first kappa shape index (κ1) is 19.2. The van der Waals surface area contributed by atoms with Gasteiger partial charge in [-0.15, -0.1) is 0 Å². The maximum atomic E-state index is 13.5. The summed E-state index contributed by atoms with van der Waals surface area (Å²) >= 11 is 0. The predicted octanol–water partition coefficient (Wildman–Crippen LogP) is 3.98. The Hall–Kier alpha value is -3.09. The van der Waals surface area contributed by atoms with Gasteiger partial charge in [0.2, 0.25) is 0 Å². The van der Waals surface area contributed by atoms with E-state index in [9.17, 15) is 9.18 Å². The molecule has 3 heterocycles. The van der Waals surface area contributed by atoms with E-state index >= 15 is 0 Å². The van der Waals surface area contributed by atoms with Gasteiger partial charge in [-0.25, -0.2) is 14.4 Å². The number of hydrogen-bond donors (Lipinski definition) is 0. The van der Waals surface area contributed by atoms with E-state index in [2.05, 4.69) is 15.1 Å². The summed E-state index contributed by atoms with van der Waals surface area (Å²) in [6.45, 7) is 5.10. The quantitative estimate of drug-likeness (QED) is 0.669. The number of likely N-dealkylation sites (tertiary alicyclic amines) is 1. The number of carbonyl (C=O) groups is 1. The number of halogens is 1. The Kier molecular flexibility index (Phi) is 5.38. The first-order chi connectivity index (χ1) is 14.0. The number of piperidine rings is 1. The van der Waals surface area contributed by atoms with Gasteiger partial charge >= 0.3 is 0 Å². The zero-order chi connectivity index (χ0) is 20.4. The number of nitrogens with zero attached hydrogens (tertiary/aromatic N) is 4. The van der Waals surface area contributed by atoms with Crippen molar-refractivity contribution in [1.29, 1.82) is 0 Å². The van der Waals surface area contributed by atoms with Gasteiger partial charge in [0.15, 0.2) is 0 Å². The van der Waals surface area contributed by atoms with Crippen LogP contribution in [0.15, 0.2) is 41.2 Å². The van der Waals surface area contributed by atoms with Crippen LogP contribution >= 0.6 is 0 Å². The Labute approximate surface area is 168 Å². The summed E-state index contributed by atoms with van der Waals surface area (Å²) in [7, 11) is 0. The number of benzene rings is 1. The maximum Gasteiger partial charge on any atom is 0.253 e. The van der Waals surface area contributed by atoms with Crippen molar-refractivity contribution >= 4 is 5.91 Å². The van der Waals surface area contributed by atoms with Crippen LogP contribution in [0.25, 0.3) is 11.3 Å². The molecule has 3 aromatic rings. The first-order valence-corrected chi connectivity index (χ1v) is 9.80. The van der Waals surface area contributed by atoms with Crippen LogP contribution in [-0.4, -0.2) is 39.0 Å². The lowest BCUT2D eigenvalue weighted by Gasteiger charge is -2.32. The van der Waals surface area contributed by atoms with Crippen molar-refractivity contribution in [3.05, 3.63) is 65.2 Å². The number of aromatic nitrogens is 3. The van der Waals surface area contributed by atoms with Gasteiger partial charge in [0.1, 0.15) is 17.9 Å². The number of rotatable bonds is 4. The Morgan fingerprint density at radius 1 is 1.28 bits per heavy atom. The molecule has 7 heteroatoms. The number of aryl methyl sites for hydroxylation is 2. The third-order valence-electron chi connectivity index (χ3n) is 5.39. The number of hydrogen-bond acceptors (Lipinski definition) is 5. The summed E-state index contributed by atoms with van der Waals surface area (Å²) in [5.74, 6) is 0.524. The van der Waals surface area contributed by atoms with Crippen LogP contribution in [0.1, 0.15) is 40.3 Å². The van der Waals surface area contributed by atoms with Gasteiger partial charge in [0.05, 0.1) is 17.0 Å². The van der Waals surface area contributed by atoms with Crippen molar-refractivity contribution in [3.63, 3.8) is 0 Å². The average molecular weight is 394 g/mol. The van der Waals surface area contributed by atoms with Crippen LogP contribution in [-0.2, 0) is 6.42 Å². The van der Waals surface area contributed by atoms with Gasteiger partial charge in [0.25, 0.3) is 5.91 Å². The van der Waals surface area contributed by atoms with Crippen molar-refractivity contribution < 1.29 is 13.7 Å². The van der Waals surface area contributed by atoms with Gasteiger partial charge in [-0.1, -0.05) is 11.2 Å². The van der Waals surface area contributed by atoms with Gasteiger partial charge in [-0.3, -0.25) is 4.79 Å². The van der Waals surface area contributed by atoms with Gasteiger partial charge in [0, 0.05) is 24.3 Å². The molecule has 0 saturated carbocycles. The van der Waals surface area contributed by atoms with Crippen molar-refractivity contribution in [3.8, 4) is 11.3 Å². The molecule has 1 amide bonds. The smallest absolute Gasteiger partial charge is 0.253 e. The average Bonchev–Trinajstić information content (AvgIpc) is 3.06. The van der Waals surface area contributed by atoms with Crippen molar-refractivity contribution in [2.45, 2.75) is 33.1 Å². The number of amides is 1. The molecule has 1 aliphatic heterocycles. The summed E-state index contributed by atoms with van der Waals surface area (Å²) in [5, 5.41) is 4.00. The number of carbonyl (C=O) groups excluding carboxylic acids is 1. The SMILES string of the molecule is Cc1noc(C)c1-c1cc(C[C@@H]2CCCN(C(=O)c3cccc(F)c3)C2)ncn1. The Balaban J connectivity index is 1.47. The highest BCUT2D eigenvalue weighted by molar-refractivity contribution is 5.94. The standard InChI is InChI=1S/C22H23FN4O2/c1-14-21(15(2)29-26-14)20-11-19(24-13-25-20)9-16-5-4-8-27(12-16)22(28)17-6-3-7-18(23)10-17/h3,6-7,10-11,13,16H,4-5,8-9,12H2,1-2H3/t16-/m0/s1. The molecule has 0 aliphatic carbocycles. The fourth-order valence-corrected chi connectivity index (χ4v) is 4.01. The van der Waals surface area contributed by atoms with Gasteiger partial charge in [-0.2, -0.15) is 0 Å². The summed E-state index contributed by atoms with van der Waals surface area (Å²) in [6.07, 6.45) is 4.27. The highest BCUT2D eigenvalue weighted by Crippen LogP contribution is 2.27. The van der Waals surface area contributed by atoms with Crippen LogP contribution in [0, 0.1) is 25.6 Å². The van der Waals surface area contributed by atoms with E-state index in [1.165, 1.54) is 12.1 Å². The molecule has 4 rings (SSSR count). The fourth-order valence-electron chi connectivity index (χ4n) is 4.01. The summed E-state index contributed by atoms with van der Waals surface area (Å²) in [5.41, 5.74) is 3.83. The first-order valence-electron chi connectivity index (χ1n) is 9.80. The Morgan fingerprint density at radius 2 is 2.14 bits per heavy atom. The van der Waals surface area contributed by atoms with Gasteiger partial charge in [-0.05, 0) is 63.3 Å². The highest BCUT2D eigenvalue weighted by Gasteiger charge is 2.25. The largest absolute Gasteiger partial charge is 0.361 e. The second kappa shape index (κ2) is 8.11. The second-order valence-corrected chi connectivity index (χ2v) is 7.57. The minimum atomic E-state index is -0.391. The van der Waals surface area contributed by atoms with Crippen LogP contribution in [0.3, 0.4) is 0 Å². The van der Waals surface area contributed by atoms with Crippen LogP contribution < -0.4 is 0 Å². The molecule has 0 spiro atoms. The third kappa shape index (κ3) is 4.18. The van der Waals surface area contributed by atoms with E-state index in [1.54, 1.807) is 18.5 Å². The molecule has 2 aromatic heterocycles. The molecule has 0 N–H and O–H groups in total. The lowest BCUT2D eigenvalue weighted by molar-refractivity contribution is 0.0672. The topological polar surface area (TPSA) is 72.1 Å². The van der Waals surface area contributed by atoms with Crippen LogP contribution in [0.5, 0.6) is 0 Å². The summed E-state index contributed by atoms with van der Waals surface area (Å²) in [4.78, 5) is 23.4. The molecule has 150 valence electrons. The molecule has 0 bridgehead atoms. The molecule has 1 aliphatic rings. The fraction of sp³-hybridized carbons (Fsp3) is 0.364. The van der Waals surface area contributed by atoms with Crippen LogP contribution in [0.2, 0.25) is 0 Å². The van der Waals surface area contributed by atoms with E-state index in [0.29, 0.717) is 24.6 Å². The van der Waals surface area contributed by atoms with E-state index < -0.39 is 5.82 Å². The normalized spacial score (nSPS) is 16.8. The molecule has 1 fully saturated rings. The minimum absolute atomic E-state index is 0.117. The maximum absolute atomic E-state index is 13.5. The second-order valence-electron chi connectivity index (χ2n) is 7.57. The predicted molar refractivity (Wildman–Crippen MR) is 106 cm³/mol. The monoisotopic (exact) mass is 394 g/mol. The minimum Gasteiger partial charge on any atom is -0.361 e. The zero-order valence-electron chi connectivity index (χ0n) is 16.6. The highest BCUT2D eigenvalue weighted by atomic mass is 19.1. The molecular weight excluding hydrogens is 371 g/mol. The third-order valence-corrected chi connectivity index (χ3v) is 5.39. The molecule has 1 saturated heterocycles. The molecule has 6 nitrogen and oxygen atoms in total. The molecule has 1 aromatic carbocycles. The molecular formula is C22H23FN4O2. The Morgan fingerprint density at radius 3 is 2.90 bits per heavy atom. The van der Waals surface area contributed by atoms with Gasteiger partial charge < -0.3 is 9.42 Å². The van der Waals surface area contributed by atoms with Crippen molar-refractivity contribution in [2.75, 3.05) is 13.1 Å². The molecule has 1 atom stereocenters. The zero-order valence-corrected chi connectivity index (χ0v) is 16.6.